The molecule has 5 nitrogen and oxygen atoms in total. The minimum Gasteiger partial charge on any atom is -0.477 e. The molecule has 1 atom stereocenters. The molecule has 1 aliphatic carbocycles. The third kappa shape index (κ3) is 4.04. The van der Waals surface area contributed by atoms with Crippen LogP contribution in [-0.4, -0.2) is 29.8 Å². The first kappa shape index (κ1) is 18.8. The molecule has 0 bridgehead atoms. The number of carboxylic acid groups (broad SMARTS) is 1. The van der Waals surface area contributed by atoms with Crippen molar-refractivity contribution in [3.63, 3.8) is 0 Å². The van der Waals surface area contributed by atoms with E-state index in [2.05, 4.69) is 11.8 Å². The van der Waals surface area contributed by atoms with Crippen molar-refractivity contribution in [2.75, 3.05) is 11.5 Å². The van der Waals surface area contributed by atoms with Gasteiger partial charge in [0.05, 0.1) is 16.6 Å². The van der Waals surface area contributed by atoms with Crippen LogP contribution < -0.4 is 4.90 Å². The molecule has 1 aromatic heterocycles. The molecular weight excluding hydrogens is 350 g/mol. The van der Waals surface area contributed by atoms with Crippen molar-refractivity contribution in [2.24, 2.45) is 11.3 Å². The van der Waals surface area contributed by atoms with E-state index >= 15 is 0 Å². The Morgan fingerprint density at radius 3 is 2.62 bits per heavy atom. The lowest BCUT2D eigenvalue weighted by Gasteiger charge is -2.31. The van der Waals surface area contributed by atoms with Crippen molar-refractivity contribution in [3.8, 4) is 11.8 Å². The van der Waals surface area contributed by atoms with E-state index in [0.29, 0.717) is 23.1 Å². The molecule has 2 fully saturated rings. The van der Waals surface area contributed by atoms with E-state index in [1.165, 1.54) is 6.42 Å². The lowest BCUT2D eigenvalue weighted by Crippen LogP contribution is -2.40. The molecule has 2 aliphatic rings. The summed E-state index contributed by atoms with van der Waals surface area (Å²) in [4.78, 5) is 26.6. The molecule has 0 aromatic carbocycles. The van der Waals surface area contributed by atoms with Crippen LogP contribution in [0.15, 0.2) is 6.07 Å². The average molecular weight is 375 g/mol. The van der Waals surface area contributed by atoms with E-state index in [-0.39, 0.29) is 16.3 Å². The smallest absolute Gasteiger partial charge is 0.414 e. The first-order valence-electron chi connectivity index (χ1n) is 9.12. The van der Waals surface area contributed by atoms with Gasteiger partial charge >= 0.3 is 12.1 Å². The number of aromatic carboxylic acids is 1. The Hall–Kier alpha value is -2.00. The van der Waals surface area contributed by atoms with Gasteiger partial charge in [0, 0.05) is 5.41 Å². The normalized spacial score (nSPS) is 21.3. The zero-order chi connectivity index (χ0) is 18.9. The summed E-state index contributed by atoms with van der Waals surface area (Å²) in [6.07, 6.45) is 5.20. The quantitative estimate of drug-likeness (QED) is 0.774. The number of carbonyl (C=O) groups excluding carboxylic acids is 1. The molecule has 1 N–H and O–H groups in total. The number of carbonyl (C=O) groups is 2. The number of cyclic esters (lactones) is 1. The Labute approximate surface area is 158 Å². The van der Waals surface area contributed by atoms with E-state index in [1.54, 1.807) is 11.0 Å². The fraction of sp³-hybridized carbons (Fsp3) is 0.600. The van der Waals surface area contributed by atoms with Crippen LogP contribution in [0.25, 0.3) is 0 Å². The second-order valence-corrected chi connectivity index (χ2v) is 9.09. The molecule has 0 spiro atoms. The summed E-state index contributed by atoms with van der Waals surface area (Å²) in [7, 11) is 0. The van der Waals surface area contributed by atoms with Crippen molar-refractivity contribution in [3.05, 3.63) is 15.8 Å². The SMILES string of the molecule is CC(C)(C)C#Cc1cc(N2C(=O)OC[C@H]2C2CCCCC2)c(C(=O)O)s1. The molecule has 6 heteroatoms. The molecule has 3 rings (SSSR count). The van der Waals surface area contributed by atoms with Gasteiger partial charge in [0.2, 0.25) is 0 Å². The molecule has 26 heavy (non-hydrogen) atoms. The Bertz CT molecular complexity index is 759. The third-order valence-electron chi connectivity index (χ3n) is 4.83. The van der Waals surface area contributed by atoms with Crippen molar-refractivity contribution < 1.29 is 19.4 Å². The van der Waals surface area contributed by atoms with Crippen molar-refractivity contribution in [1.82, 2.24) is 0 Å². The van der Waals surface area contributed by atoms with E-state index in [4.69, 9.17) is 4.74 Å². The summed E-state index contributed by atoms with van der Waals surface area (Å²) in [5, 5.41) is 9.63. The maximum Gasteiger partial charge on any atom is 0.414 e. The van der Waals surface area contributed by atoms with Crippen LogP contribution in [0.4, 0.5) is 10.5 Å². The number of amides is 1. The molecule has 1 aliphatic heterocycles. The Kier molecular flexibility index (Phi) is 5.29. The van der Waals surface area contributed by atoms with E-state index in [1.807, 2.05) is 20.8 Å². The molecule has 0 radical (unpaired) electrons. The maximum atomic E-state index is 12.4. The number of hydrogen-bond acceptors (Lipinski definition) is 4. The van der Waals surface area contributed by atoms with Gasteiger partial charge in [-0.25, -0.2) is 9.59 Å². The highest BCUT2D eigenvalue weighted by Crippen LogP contribution is 2.39. The van der Waals surface area contributed by atoms with Crippen LogP contribution in [-0.2, 0) is 4.74 Å². The van der Waals surface area contributed by atoms with Crippen LogP contribution in [0.1, 0.15) is 67.4 Å². The largest absolute Gasteiger partial charge is 0.477 e. The first-order valence-corrected chi connectivity index (χ1v) is 9.94. The number of thiophene rings is 1. The van der Waals surface area contributed by atoms with Crippen LogP contribution in [0, 0.1) is 23.2 Å². The predicted octanol–water partition coefficient (Wildman–Crippen LogP) is 4.75. The highest BCUT2D eigenvalue weighted by molar-refractivity contribution is 7.15. The number of hydrogen-bond donors (Lipinski definition) is 1. The molecule has 0 unspecified atom stereocenters. The molecule has 1 aromatic rings. The summed E-state index contributed by atoms with van der Waals surface area (Å²) in [6, 6.07) is 1.65. The van der Waals surface area contributed by atoms with Gasteiger partial charge in [-0.15, -0.1) is 11.3 Å². The molecule has 1 saturated heterocycles. The van der Waals surface area contributed by atoms with Gasteiger partial charge < -0.3 is 9.84 Å². The standard InChI is InChI=1S/C20H25NO4S/c1-20(2,3)10-9-14-11-15(17(26-14)18(22)23)21-16(12-25-19(21)24)13-7-5-4-6-8-13/h11,13,16H,4-8,12H2,1-3H3,(H,22,23)/t16-/m0/s1. The minimum atomic E-state index is -1.03. The molecule has 2 heterocycles. The number of ether oxygens (including phenoxy) is 1. The van der Waals surface area contributed by atoms with E-state index in [0.717, 1.165) is 37.0 Å². The Balaban J connectivity index is 1.96. The second-order valence-electron chi connectivity index (χ2n) is 8.04. The number of carboxylic acids is 1. The monoisotopic (exact) mass is 375 g/mol. The molecule has 1 saturated carbocycles. The van der Waals surface area contributed by atoms with Crippen molar-refractivity contribution >= 4 is 29.1 Å². The van der Waals surface area contributed by atoms with Gasteiger partial charge in [0.15, 0.2) is 0 Å². The highest BCUT2D eigenvalue weighted by atomic mass is 32.1. The van der Waals surface area contributed by atoms with E-state index in [9.17, 15) is 14.7 Å². The lowest BCUT2D eigenvalue weighted by atomic mass is 9.83. The first-order chi connectivity index (χ1) is 12.3. The number of rotatable bonds is 3. The van der Waals surface area contributed by atoms with Gasteiger partial charge in [-0.05, 0) is 45.6 Å². The van der Waals surface area contributed by atoms with Crippen LogP contribution in [0.3, 0.4) is 0 Å². The Morgan fingerprint density at radius 1 is 1.31 bits per heavy atom. The van der Waals surface area contributed by atoms with Gasteiger partial charge in [-0.2, -0.15) is 0 Å². The third-order valence-corrected chi connectivity index (χ3v) is 5.85. The average Bonchev–Trinajstić information content (AvgIpc) is 3.16. The predicted molar refractivity (Wildman–Crippen MR) is 102 cm³/mol. The second kappa shape index (κ2) is 7.32. The summed E-state index contributed by atoms with van der Waals surface area (Å²) < 4.78 is 5.31. The van der Waals surface area contributed by atoms with Crippen molar-refractivity contribution in [2.45, 2.75) is 58.9 Å². The summed E-state index contributed by atoms with van der Waals surface area (Å²) in [5.41, 5.74) is 0.254. The number of anilines is 1. The van der Waals surface area contributed by atoms with Crippen LogP contribution in [0.2, 0.25) is 0 Å². The zero-order valence-corrected chi connectivity index (χ0v) is 16.3. The van der Waals surface area contributed by atoms with Crippen molar-refractivity contribution in [1.29, 1.82) is 0 Å². The van der Waals surface area contributed by atoms with Crippen LogP contribution >= 0.6 is 11.3 Å². The fourth-order valence-corrected chi connectivity index (χ4v) is 4.44. The minimum absolute atomic E-state index is 0.0843. The lowest BCUT2D eigenvalue weighted by molar-refractivity contribution is 0.0702. The van der Waals surface area contributed by atoms with Gasteiger partial charge in [-0.3, -0.25) is 4.90 Å². The zero-order valence-electron chi connectivity index (χ0n) is 15.5. The summed E-state index contributed by atoms with van der Waals surface area (Å²) >= 11 is 1.12. The highest BCUT2D eigenvalue weighted by Gasteiger charge is 2.41. The van der Waals surface area contributed by atoms with Gasteiger partial charge in [0.25, 0.3) is 0 Å². The summed E-state index contributed by atoms with van der Waals surface area (Å²) in [5.74, 6) is 5.52. The van der Waals surface area contributed by atoms with Gasteiger partial charge in [-0.1, -0.05) is 31.1 Å². The van der Waals surface area contributed by atoms with Crippen LogP contribution in [0.5, 0.6) is 0 Å². The van der Waals surface area contributed by atoms with Gasteiger partial charge in [0.1, 0.15) is 11.5 Å². The number of nitrogens with zero attached hydrogens (tertiary/aromatic N) is 1. The summed E-state index contributed by atoms with van der Waals surface area (Å²) in [6.45, 7) is 6.35. The van der Waals surface area contributed by atoms with E-state index < -0.39 is 12.1 Å². The topological polar surface area (TPSA) is 66.8 Å². The molecular formula is C20H25NO4S. The fourth-order valence-electron chi connectivity index (χ4n) is 3.60. The molecule has 1 amide bonds. The maximum absolute atomic E-state index is 12.4. The molecule has 140 valence electrons. The Morgan fingerprint density at radius 2 is 2.00 bits per heavy atom.